The quantitative estimate of drug-likeness (QED) is 0.749. The molecular weight excluding hydrogens is 259 g/mol. The highest BCUT2D eigenvalue weighted by Gasteiger charge is 2.12. The Labute approximate surface area is 116 Å². The van der Waals surface area contributed by atoms with E-state index in [0.29, 0.717) is 22.5 Å². The maximum absolute atomic E-state index is 13.2. The minimum atomic E-state index is -1.08. The Kier molecular flexibility index (Phi) is 3.61. The number of nitrogens with one attached hydrogen (secondary N) is 1. The maximum Gasteiger partial charge on any atom is 0.337 e. The van der Waals surface area contributed by atoms with Gasteiger partial charge in [-0.1, -0.05) is 0 Å². The fraction of sp³-hybridized carbons (Fsp3) is 0.133. The lowest BCUT2D eigenvalue weighted by Gasteiger charge is -2.12. The second-order valence-corrected chi connectivity index (χ2v) is 4.65. The summed E-state index contributed by atoms with van der Waals surface area (Å²) >= 11 is 0. The third-order valence-electron chi connectivity index (χ3n) is 3.06. The highest BCUT2D eigenvalue weighted by Crippen LogP contribution is 2.26. The summed E-state index contributed by atoms with van der Waals surface area (Å²) in [7, 11) is 0. The van der Waals surface area contributed by atoms with Crippen LogP contribution in [0.3, 0.4) is 0 Å². The molecule has 0 aliphatic carbocycles. The molecular formula is C15H15FN2O2. The van der Waals surface area contributed by atoms with E-state index in [4.69, 9.17) is 10.8 Å². The zero-order chi connectivity index (χ0) is 14.9. The SMILES string of the molecule is Cc1cc(Nc2cc(C)c(N)c(C(=O)O)c2)ccc1F. The van der Waals surface area contributed by atoms with E-state index in [1.807, 2.05) is 0 Å². The zero-order valence-electron chi connectivity index (χ0n) is 11.2. The second-order valence-electron chi connectivity index (χ2n) is 4.65. The van der Waals surface area contributed by atoms with Gasteiger partial charge in [0, 0.05) is 17.1 Å². The summed E-state index contributed by atoms with van der Waals surface area (Å²) in [6, 6.07) is 7.82. The van der Waals surface area contributed by atoms with Crippen molar-refractivity contribution in [3.63, 3.8) is 0 Å². The summed E-state index contributed by atoms with van der Waals surface area (Å²) in [5.74, 6) is -1.36. The molecule has 0 heterocycles. The molecule has 0 bridgehead atoms. The average molecular weight is 274 g/mol. The van der Waals surface area contributed by atoms with Crippen molar-refractivity contribution in [2.75, 3.05) is 11.1 Å². The molecule has 0 aliphatic heterocycles. The van der Waals surface area contributed by atoms with Crippen LogP contribution in [0.1, 0.15) is 21.5 Å². The lowest BCUT2D eigenvalue weighted by Crippen LogP contribution is -2.05. The Morgan fingerprint density at radius 3 is 2.40 bits per heavy atom. The molecule has 2 rings (SSSR count). The lowest BCUT2D eigenvalue weighted by atomic mass is 10.1. The fourth-order valence-electron chi connectivity index (χ4n) is 1.94. The number of rotatable bonds is 3. The van der Waals surface area contributed by atoms with E-state index in [9.17, 15) is 9.18 Å². The molecule has 0 spiro atoms. The molecule has 0 aliphatic rings. The summed E-state index contributed by atoms with van der Waals surface area (Å²) < 4.78 is 13.2. The number of halogens is 1. The smallest absolute Gasteiger partial charge is 0.337 e. The van der Waals surface area contributed by atoms with Crippen molar-refractivity contribution in [3.8, 4) is 0 Å². The number of benzene rings is 2. The number of carboxylic acid groups (broad SMARTS) is 1. The van der Waals surface area contributed by atoms with Gasteiger partial charge >= 0.3 is 5.97 Å². The minimum Gasteiger partial charge on any atom is -0.478 e. The molecule has 0 saturated heterocycles. The summed E-state index contributed by atoms with van der Waals surface area (Å²) in [4.78, 5) is 11.1. The highest BCUT2D eigenvalue weighted by atomic mass is 19.1. The third-order valence-corrected chi connectivity index (χ3v) is 3.06. The summed E-state index contributed by atoms with van der Waals surface area (Å²) in [5, 5.41) is 12.2. The standard InChI is InChI=1S/C15H15FN2O2/c1-8-5-10(3-4-13(8)16)18-11-6-9(2)14(17)12(7-11)15(19)20/h3-7,18H,17H2,1-2H3,(H,19,20). The van der Waals surface area contributed by atoms with Crippen molar-refractivity contribution in [2.45, 2.75) is 13.8 Å². The molecule has 5 heteroatoms. The van der Waals surface area contributed by atoms with Gasteiger partial charge in [0.15, 0.2) is 0 Å². The first-order valence-electron chi connectivity index (χ1n) is 6.05. The molecule has 0 amide bonds. The number of aromatic carboxylic acids is 1. The van der Waals surface area contributed by atoms with E-state index in [0.717, 1.165) is 0 Å². The van der Waals surface area contributed by atoms with Gasteiger partial charge in [0.05, 0.1) is 5.56 Å². The van der Waals surface area contributed by atoms with Crippen molar-refractivity contribution in [3.05, 3.63) is 52.8 Å². The Bertz CT molecular complexity index is 684. The Morgan fingerprint density at radius 2 is 1.80 bits per heavy atom. The van der Waals surface area contributed by atoms with E-state index in [2.05, 4.69) is 5.32 Å². The zero-order valence-corrected chi connectivity index (χ0v) is 11.2. The van der Waals surface area contributed by atoms with Gasteiger partial charge in [0.25, 0.3) is 0 Å². The largest absolute Gasteiger partial charge is 0.478 e. The summed E-state index contributed by atoms with van der Waals surface area (Å²) in [6.45, 7) is 3.40. The molecule has 0 atom stereocenters. The van der Waals surface area contributed by atoms with E-state index in [1.54, 1.807) is 32.0 Å². The number of nitrogen functional groups attached to an aromatic ring is 1. The number of hydrogen-bond donors (Lipinski definition) is 3. The molecule has 0 radical (unpaired) electrons. The van der Waals surface area contributed by atoms with Gasteiger partial charge in [-0.15, -0.1) is 0 Å². The van der Waals surface area contributed by atoms with E-state index >= 15 is 0 Å². The summed E-state index contributed by atoms with van der Waals surface area (Å²) in [6.07, 6.45) is 0. The van der Waals surface area contributed by atoms with Gasteiger partial charge in [-0.3, -0.25) is 0 Å². The summed E-state index contributed by atoms with van der Waals surface area (Å²) in [5.41, 5.74) is 8.50. The van der Waals surface area contributed by atoms with E-state index in [-0.39, 0.29) is 17.1 Å². The van der Waals surface area contributed by atoms with Crippen LogP contribution < -0.4 is 11.1 Å². The Balaban J connectivity index is 2.38. The van der Waals surface area contributed by atoms with Crippen molar-refractivity contribution in [1.29, 1.82) is 0 Å². The number of carbonyl (C=O) groups is 1. The number of anilines is 3. The van der Waals surface area contributed by atoms with Crippen LogP contribution >= 0.6 is 0 Å². The Hall–Kier alpha value is -2.56. The average Bonchev–Trinajstić information content (AvgIpc) is 2.37. The van der Waals surface area contributed by atoms with Crippen molar-refractivity contribution >= 4 is 23.0 Å². The van der Waals surface area contributed by atoms with Gasteiger partial charge in [0.2, 0.25) is 0 Å². The molecule has 104 valence electrons. The van der Waals surface area contributed by atoms with Crippen LogP contribution in [0.4, 0.5) is 21.5 Å². The topological polar surface area (TPSA) is 75.3 Å². The van der Waals surface area contributed by atoms with Crippen LogP contribution in [-0.4, -0.2) is 11.1 Å². The van der Waals surface area contributed by atoms with Gasteiger partial charge < -0.3 is 16.2 Å². The van der Waals surface area contributed by atoms with Crippen LogP contribution in [-0.2, 0) is 0 Å². The molecule has 20 heavy (non-hydrogen) atoms. The fourth-order valence-corrected chi connectivity index (χ4v) is 1.94. The first-order chi connectivity index (χ1) is 9.38. The first kappa shape index (κ1) is 13.9. The molecule has 0 saturated carbocycles. The van der Waals surface area contributed by atoms with Crippen LogP contribution in [0, 0.1) is 19.7 Å². The first-order valence-corrected chi connectivity index (χ1v) is 6.05. The minimum absolute atomic E-state index is 0.0475. The third kappa shape index (κ3) is 2.71. The predicted molar refractivity (Wildman–Crippen MR) is 77.0 cm³/mol. The highest BCUT2D eigenvalue weighted by molar-refractivity contribution is 5.96. The van der Waals surface area contributed by atoms with Gasteiger partial charge in [-0.2, -0.15) is 0 Å². The molecule has 4 N–H and O–H groups in total. The number of nitrogens with two attached hydrogens (primary N) is 1. The van der Waals surface area contributed by atoms with Crippen LogP contribution in [0.2, 0.25) is 0 Å². The lowest BCUT2D eigenvalue weighted by molar-refractivity contribution is 0.0698. The maximum atomic E-state index is 13.2. The second kappa shape index (κ2) is 5.21. The predicted octanol–water partition coefficient (Wildman–Crippen LogP) is 3.47. The van der Waals surface area contributed by atoms with Gasteiger partial charge in [0.1, 0.15) is 5.82 Å². The molecule has 0 fully saturated rings. The number of carboxylic acids is 1. The van der Waals surface area contributed by atoms with Crippen molar-refractivity contribution < 1.29 is 14.3 Å². The number of aryl methyl sites for hydroxylation is 2. The van der Waals surface area contributed by atoms with Crippen molar-refractivity contribution in [2.24, 2.45) is 0 Å². The Morgan fingerprint density at radius 1 is 1.15 bits per heavy atom. The monoisotopic (exact) mass is 274 g/mol. The number of hydrogen-bond acceptors (Lipinski definition) is 3. The molecule has 0 aromatic heterocycles. The van der Waals surface area contributed by atoms with E-state index in [1.165, 1.54) is 12.1 Å². The van der Waals surface area contributed by atoms with Crippen molar-refractivity contribution in [1.82, 2.24) is 0 Å². The van der Waals surface area contributed by atoms with Crippen LogP contribution in [0.25, 0.3) is 0 Å². The molecule has 2 aromatic carbocycles. The molecule has 2 aromatic rings. The van der Waals surface area contributed by atoms with E-state index < -0.39 is 5.97 Å². The van der Waals surface area contributed by atoms with Crippen LogP contribution in [0.15, 0.2) is 30.3 Å². The molecule has 0 unspecified atom stereocenters. The van der Waals surface area contributed by atoms with Gasteiger partial charge in [-0.25, -0.2) is 9.18 Å². The normalized spacial score (nSPS) is 10.3. The van der Waals surface area contributed by atoms with Gasteiger partial charge in [-0.05, 0) is 55.3 Å². The molecule has 4 nitrogen and oxygen atoms in total. The van der Waals surface area contributed by atoms with Crippen LogP contribution in [0.5, 0.6) is 0 Å².